The highest BCUT2D eigenvalue weighted by Crippen LogP contribution is 2.18. The summed E-state index contributed by atoms with van der Waals surface area (Å²) in [6.07, 6.45) is 0.524. The molecule has 0 bridgehead atoms. The lowest BCUT2D eigenvalue weighted by molar-refractivity contribution is 0.112. The molecule has 82 valence electrons. The fraction of sp³-hybridized carbons (Fsp3) is 0.167. The number of fused-ring (bicyclic) bond motifs is 1. The molecule has 1 heterocycles. The first-order chi connectivity index (χ1) is 7.77. The normalized spacial score (nSPS) is 10.3. The van der Waals surface area contributed by atoms with Crippen LogP contribution in [-0.4, -0.2) is 12.8 Å². The maximum Gasteiger partial charge on any atom is 0.208 e. The zero-order chi connectivity index (χ0) is 11.5. The maximum absolute atomic E-state index is 11.9. The second kappa shape index (κ2) is 4.18. The molecule has 0 aliphatic heterocycles. The highest BCUT2D eigenvalue weighted by atomic mass is 16.3. The van der Waals surface area contributed by atoms with Crippen LogP contribution in [-0.2, 0) is 0 Å². The van der Waals surface area contributed by atoms with Gasteiger partial charge in [-0.3, -0.25) is 9.59 Å². The minimum atomic E-state index is -0.298. The van der Waals surface area contributed by atoms with Crippen LogP contribution in [0.3, 0.4) is 0 Å². The number of benzene rings is 1. The Morgan fingerprint density at radius 3 is 2.81 bits per heavy atom. The molecule has 0 aliphatic rings. The summed E-state index contributed by atoms with van der Waals surface area (Å²) in [5.74, 6) is 0.237. The number of rotatable bonds is 3. The van der Waals surface area contributed by atoms with Crippen LogP contribution in [0.4, 0.5) is 5.88 Å². The van der Waals surface area contributed by atoms with Crippen LogP contribution in [0.5, 0.6) is 0 Å². The Kier molecular flexibility index (Phi) is 2.72. The van der Waals surface area contributed by atoms with Crippen molar-refractivity contribution in [2.45, 2.75) is 6.92 Å². The third kappa shape index (κ3) is 1.58. The Balaban J connectivity index is 2.81. The summed E-state index contributed by atoms with van der Waals surface area (Å²) in [7, 11) is 0. The van der Waals surface area contributed by atoms with Crippen molar-refractivity contribution in [2.75, 3.05) is 11.9 Å². The summed E-state index contributed by atoms with van der Waals surface area (Å²) < 4.78 is 5.46. The van der Waals surface area contributed by atoms with E-state index in [0.29, 0.717) is 23.8 Å². The first-order valence-electron chi connectivity index (χ1n) is 5.02. The number of nitrogens with one attached hydrogen (secondary N) is 1. The van der Waals surface area contributed by atoms with Crippen molar-refractivity contribution >= 4 is 23.1 Å². The van der Waals surface area contributed by atoms with Crippen LogP contribution >= 0.6 is 0 Å². The van der Waals surface area contributed by atoms with E-state index in [1.54, 1.807) is 24.3 Å². The number of para-hydroxylation sites is 1. The van der Waals surface area contributed by atoms with Gasteiger partial charge in [0.05, 0.1) is 5.39 Å². The fourth-order valence-electron chi connectivity index (χ4n) is 1.56. The molecule has 0 radical (unpaired) electrons. The van der Waals surface area contributed by atoms with Gasteiger partial charge in [0.2, 0.25) is 11.3 Å². The second-order valence-corrected chi connectivity index (χ2v) is 3.32. The summed E-state index contributed by atoms with van der Waals surface area (Å²) in [5.41, 5.74) is 0.224. The summed E-state index contributed by atoms with van der Waals surface area (Å²) in [5, 5.41) is 3.28. The van der Waals surface area contributed by atoms with E-state index in [0.717, 1.165) is 0 Å². The molecule has 2 rings (SSSR count). The highest BCUT2D eigenvalue weighted by Gasteiger charge is 2.12. The highest BCUT2D eigenvalue weighted by molar-refractivity contribution is 5.89. The summed E-state index contributed by atoms with van der Waals surface area (Å²) in [6, 6.07) is 6.86. The molecule has 0 unspecified atom stereocenters. The Morgan fingerprint density at radius 1 is 1.38 bits per heavy atom. The lowest BCUT2D eigenvalue weighted by Gasteiger charge is -2.06. The maximum atomic E-state index is 11.9. The summed E-state index contributed by atoms with van der Waals surface area (Å²) in [6.45, 7) is 2.45. The molecular weight excluding hydrogens is 206 g/mol. The Labute approximate surface area is 91.9 Å². The van der Waals surface area contributed by atoms with E-state index in [2.05, 4.69) is 5.32 Å². The first-order valence-corrected chi connectivity index (χ1v) is 5.02. The standard InChI is InChI=1S/C12H11NO3/c1-2-13-12-9(7-14)11(15)8-5-3-4-6-10(8)16-12/h3-7,13H,2H2,1H3. The first kappa shape index (κ1) is 10.4. The van der Waals surface area contributed by atoms with Gasteiger partial charge in [-0.15, -0.1) is 0 Å². The number of carbonyl (C=O) groups excluding carboxylic acids is 1. The zero-order valence-electron chi connectivity index (χ0n) is 8.82. The molecule has 0 saturated heterocycles. The monoisotopic (exact) mass is 217 g/mol. The van der Waals surface area contributed by atoms with Crippen molar-refractivity contribution in [2.24, 2.45) is 0 Å². The number of anilines is 1. The molecule has 0 aliphatic carbocycles. The van der Waals surface area contributed by atoms with E-state index < -0.39 is 0 Å². The van der Waals surface area contributed by atoms with E-state index in [9.17, 15) is 9.59 Å². The Hall–Kier alpha value is -2.10. The van der Waals surface area contributed by atoms with Crippen LogP contribution < -0.4 is 10.7 Å². The molecule has 0 spiro atoms. The van der Waals surface area contributed by atoms with E-state index in [4.69, 9.17) is 4.42 Å². The lowest BCUT2D eigenvalue weighted by atomic mass is 10.2. The van der Waals surface area contributed by atoms with E-state index >= 15 is 0 Å². The number of hydrogen-bond acceptors (Lipinski definition) is 4. The van der Waals surface area contributed by atoms with Gasteiger partial charge in [-0.1, -0.05) is 12.1 Å². The minimum absolute atomic E-state index is 0.0422. The minimum Gasteiger partial charge on any atom is -0.440 e. The van der Waals surface area contributed by atoms with E-state index in [1.807, 2.05) is 6.92 Å². The van der Waals surface area contributed by atoms with Crippen LogP contribution in [0.2, 0.25) is 0 Å². The van der Waals surface area contributed by atoms with Crippen molar-refractivity contribution in [1.82, 2.24) is 0 Å². The van der Waals surface area contributed by atoms with Crippen molar-refractivity contribution in [3.05, 3.63) is 40.1 Å². The number of carbonyl (C=O) groups is 1. The molecule has 0 saturated carbocycles. The van der Waals surface area contributed by atoms with Crippen LogP contribution in [0, 0.1) is 0 Å². The molecule has 1 N–H and O–H groups in total. The molecule has 2 aromatic rings. The van der Waals surface area contributed by atoms with Crippen molar-refractivity contribution < 1.29 is 9.21 Å². The quantitative estimate of drug-likeness (QED) is 0.799. The average molecular weight is 217 g/mol. The van der Waals surface area contributed by atoms with Crippen LogP contribution in [0.1, 0.15) is 17.3 Å². The largest absolute Gasteiger partial charge is 0.440 e. The smallest absolute Gasteiger partial charge is 0.208 e. The number of aldehydes is 1. The topological polar surface area (TPSA) is 59.3 Å². The predicted octanol–water partition coefficient (Wildman–Crippen LogP) is 2.04. The fourth-order valence-corrected chi connectivity index (χ4v) is 1.56. The molecule has 1 aromatic heterocycles. The molecule has 0 atom stereocenters. The molecule has 1 aromatic carbocycles. The lowest BCUT2D eigenvalue weighted by Crippen LogP contribution is -2.13. The van der Waals surface area contributed by atoms with Gasteiger partial charge in [-0.05, 0) is 19.1 Å². The van der Waals surface area contributed by atoms with Gasteiger partial charge in [0.1, 0.15) is 11.1 Å². The zero-order valence-corrected chi connectivity index (χ0v) is 8.82. The molecule has 0 fully saturated rings. The molecule has 4 heteroatoms. The van der Waals surface area contributed by atoms with Gasteiger partial charge in [-0.25, -0.2) is 0 Å². The Bertz CT molecular complexity index is 586. The number of hydrogen-bond donors (Lipinski definition) is 1. The van der Waals surface area contributed by atoms with Gasteiger partial charge in [0, 0.05) is 6.54 Å². The van der Waals surface area contributed by atoms with E-state index in [-0.39, 0.29) is 16.9 Å². The van der Waals surface area contributed by atoms with Gasteiger partial charge >= 0.3 is 0 Å². The average Bonchev–Trinajstić information content (AvgIpc) is 2.30. The van der Waals surface area contributed by atoms with Gasteiger partial charge in [0.25, 0.3) is 0 Å². The van der Waals surface area contributed by atoms with Crippen molar-refractivity contribution in [3.8, 4) is 0 Å². The second-order valence-electron chi connectivity index (χ2n) is 3.32. The van der Waals surface area contributed by atoms with Crippen molar-refractivity contribution in [3.63, 3.8) is 0 Å². The SMILES string of the molecule is CCNc1oc2ccccc2c(=O)c1C=O. The third-order valence-electron chi connectivity index (χ3n) is 2.29. The summed E-state index contributed by atoms with van der Waals surface area (Å²) in [4.78, 5) is 22.8. The van der Waals surface area contributed by atoms with Gasteiger partial charge in [-0.2, -0.15) is 0 Å². The van der Waals surface area contributed by atoms with E-state index in [1.165, 1.54) is 0 Å². The van der Waals surface area contributed by atoms with Crippen LogP contribution in [0.25, 0.3) is 11.0 Å². The third-order valence-corrected chi connectivity index (χ3v) is 2.29. The van der Waals surface area contributed by atoms with Gasteiger partial charge < -0.3 is 9.73 Å². The molecule has 0 amide bonds. The molecular formula is C12H11NO3. The Morgan fingerprint density at radius 2 is 2.12 bits per heavy atom. The molecule has 16 heavy (non-hydrogen) atoms. The molecule has 4 nitrogen and oxygen atoms in total. The van der Waals surface area contributed by atoms with Crippen LogP contribution in [0.15, 0.2) is 33.5 Å². The van der Waals surface area contributed by atoms with Gasteiger partial charge in [0.15, 0.2) is 6.29 Å². The van der Waals surface area contributed by atoms with Crippen molar-refractivity contribution in [1.29, 1.82) is 0 Å². The predicted molar refractivity (Wildman–Crippen MR) is 62.0 cm³/mol. The summed E-state index contributed by atoms with van der Waals surface area (Å²) >= 11 is 0.